The highest BCUT2D eigenvalue weighted by Crippen LogP contribution is 2.15. The number of hydrogen-bond donors (Lipinski definition) is 4. The fourth-order valence-electron chi connectivity index (χ4n) is 1.78. The van der Waals surface area contributed by atoms with Crippen LogP contribution in [0.4, 0.5) is 11.4 Å². The monoisotopic (exact) mass is 322 g/mol. The van der Waals surface area contributed by atoms with Crippen molar-refractivity contribution in [3.8, 4) is 11.8 Å². The van der Waals surface area contributed by atoms with E-state index in [0.717, 1.165) is 0 Å². The summed E-state index contributed by atoms with van der Waals surface area (Å²) in [5, 5.41) is 23.6. The van der Waals surface area contributed by atoms with Crippen LogP contribution in [0.25, 0.3) is 0 Å². The minimum atomic E-state index is -0.593. The molecule has 120 valence electrons. The van der Waals surface area contributed by atoms with E-state index in [4.69, 9.17) is 11.0 Å². The number of nitrogens with zero attached hydrogens (tertiary/aromatic N) is 1. The Morgan fingerprint density at radius 3 is 2.17 bits per heavy atom. The number of carbonyl (C=O) groups is 2. The molecule has 2 aromatic rings. The SMILES string of the molecule is N#C/C(=C/Nc1ccc(C(N)=O)cc1)C(=O)Nc1ccc(O)cc1. The molecule has 2 rings (SSSR count). The molecule has 0 heterocycles. The number of benzene rings is 2. The number of carbonyl (C=O) groups excluding carboxylic acids is 2. The molecule has 0 atom stereocenters. The first kappa shape index (κ1) is 16.6. The Bertz CT molecular complexity index is 818. The fourth-order valence-corrected chi connectivity index (χ4v) is 1.78. The van der Waals surface area contributed by atoms with E-state index in [0.29, 0.717) is 16.9 Å². The van der Waals surface area contributed by atoms with E-state index < -0.39 is 11.8 Å². The van der Waals surface area contributed by atoms with Crippen LogP contribution in [0.1, 0.15) is 10.4 Å². The van der Waals surface area contributed by atoms with Gasteiger partial charge in [-0.25, -0.2) is 0 Å². The number of nitrogens with one attached hydrogen (secondary N) is 2. The van der Waals surface area contributed by atoms with E-state index in [1.165, 1.54) is 42.6 Å². The van der Waals surface area contributed by atoms with Crippen molar-refractivity contribution in [2.24, 2.45) is 5.73 Å². The zero-order chi connectivity index (χ0) is 17.5. The number of rotatable bonds is 5. The number of nitrogens with two attached hydrogens (primary N) is 1. The Morgan fingerprint density at radius 1 is 1.04 bits per heavy atom. The van der Waals surface area contributed by atoms with Gasteiger partial charge in [-0.2, -0.15) is 5.26 Å². The summed E-state index contributed by atoms with van der Waals surface area (Å²) in [6.07, 6.45) is 1.26. The van der Waals surface area contributed by atoms with Crippen LogP contribution in [0.15, 0.2) is 60.3 Å². The molecule has 0 aliphatic rings. The number of amides is 2. The van der Waals surface area contributed by atoms with Gasteiger partial charge < -0.3 is 21.5 Å². The van der Waals surface area contributed by atoms with E-state index in [9.17, 15) is 14.7 Å². The van der Waals surface area contributed by atoms with E-state index in [1.54, 1.807) is 18.2 Å². The lowest BCUT2D eigenvalue weighted by molar-refractivity contribution is -0.112. The molecular formula is C17H14N4O3. The highest BCUT2D eigenvalue weighted by atomic mass is 16.3. The van der Waals surface area contributed by atoms with Crippen LogP contribution in [-0.2, 0) is 4.79 Å². The van der Waals surface area contributed by atoms with E-state index in [-0.39, 0.29) is 11.3 Å². The largest absolute Gasteiger partial charge is 0.508 e. The van der Waals surface area contributed by atoms with E-state index in [2.05, 4.69) is 10.6 Å². The van der Waals surface area contributed by atoms with Gasteiger partial charge >= 0.3 is 0 Å². The second-order valence-corrected chi connectivity index (χ2v) is 4.76. The second kappa shape index (κ2) is 7.47. The average Bonchev–Trinajstić information content (AvgIpc) is 2.58. The first-order valence-corrected chi connectivity index (χ1v) is 6.86. The summed E-state index contributed by atoms with van der Waals surface area (Å²) in [7, 11) is 0. The maximum absolute atomic E-state index is 12.0. The molecule has 7 nitrogen and oxygen atoms in total. The van der Waals surface area contributed by atoms with Gasteiger partial charge in [0.2, 0.25) is 5.91 Å². The lowest BCUT2D eigenvalue weighted by Gasteiger charge is -2.05. The van der Waals surface area contributed by atoms with Gasteiger partial charge in [0.15, 0.2) is 0 Å². The van der Waals surface area contributed by atoms with Crippen LogP contribution in [0.2, 0.25) is 0 Å². The van der Waals surface area contributed by atoms with Crippen molar-refractivity contribution in [2.45, 2.75) is 0 Å². The van der Waals surface area contributed by atoms with Crippen LogP contribution < -0.4 is 16.4 Å². The van der Waals surface area contributed by atoms with E-state index >= 15 is 0 Å². The molecule has 0 spiro atoms. The summed E-state index contributed by atoms with van der Waals surface area (Å²) in [6, 6.07) is 13.9. The summed E-state index contributed by atoms with van der Waals surface area (Å²) in [5.41, 5.74) is 6.40. The number of nitriles is 1. The topological polar surface area (TPSA) is 128 Å². The molecule has 7 heteroatoms. The van der Waals surface area contributed by atoms with Crippen molar-refractivity contribution >= 4 is 23.2 Å². The van der Waals surface area contributed by atoms with Crippen molar-refractivity contribution in [3.05, 3.63) is 65.9 Å². The molecule has 2 aromatic carbocycles. The average molecular weight is 322 g/mol. The van der Waals surface area contributed by atoms with Crippen LogP contribution in [0, 0.1) is 11.3 Å². The Kier molecular flexibility index (Phi) is 5.16. The predicted molar refractivity (Wildman–Crippen MR) is 89.0 cm³/mol. The molecular weight excluding hydrogens is 308 g/mol. The van der Waals surface area contributed by atoms with Crippen LogP contribution in [0.5, 0.6) is 5.75 Å². The number of primary amides is 1. The van der Waals surface area contributed by atoms with Gasteiger partial charge in [0, 0.05) is 23.1 Å². The molecule has 0 radical (unpaired) electrons. The molecule has 5 N–H and O–H groups in total. The predicted octanol–water partition coefficient (Wildman–Crippen LogP) is 1.95. The summed E-state index contributed by atoms with van der Waals surface area (Å²) < 4.78 is 0. The lowest BCUT2D eigenvalue weighted by Crippen LogP contribution is -2.14. The Morgan fingerprint density at radius 2 is 1.62 bits per heavy atom. The molecule has 0 aliphatic carbocycles. The third-order valence-electron chi connectivity index (χ3n) is 3.04. The number of phenols is 1. The summed E-state index contributed by atoms with van der Waals surface area (Å²) in [4.78, 5) is 23.0. The van der Waals surface area contributed by atoms with Gasteiger partial charge in [-0.1, -0.05) is 0 Å². The minimum absolute atomic E-state index is 0.0742. The van der Waals surface area contributed by atoms with Crippen LogP contribution in [0.3, 0.4) is 0 Å². The molecule has 0 aromatic heterocycles. The third kappa shape index (κ3) is 4.35. The number of aromatic hydroxyl groups is 1. The summed E-state index contributed by atoms with van der Waals surface area (Å²) in [6.45, 7) is 0. The highest BCUT2D eigenvalue weighted by Gasteiger charge is 2.09. The smallest absolute Gasteiger partial charge is 0.267 e. The molecule has 2 amide bonds. The van der Waals surface area contributed by atoms with Crippen molar-refractivity contribution in [1.29, 1.82) is 5.26 Å². The first-order valence-electron chi connectivity index (χ1n) is 6.86. The molecule has 0 unspecified atom stereocenters. The normalized spacial score (nSPS) is 10.5. The Hall–Kier alpha value is -3.79. The molecule has 0 saturated carbocycles. The quantitative estimate of drug-likeness (QED) is 0.380. The first-order chi connectivity index (χ1) is 11.5. The van der Waals surface area contributed by atoms with Gasteiger partial charge in [-0.05, 0) is 48.5 Å². The van der Waals surface area contributed by atoms with Crippen molar-refractivity contribution in [2.75, 3.05) is 10.6 Å². The highest BCUT2D eigenvalue weighted by molar-refractivity contribution is 6.06. The third-order valence-corrected chi connectivity index (χ3v) is 3.04. The second-order valence-electron chi connectivity index (χ2n) is 4.76. The molecule has 0 saturated heterocycles. The van der Waals surface area contributed by atoms with Crippen LogP contribution >= 0.6 is 0 Å². The molecule has 0 bridgehead atoms. The lowest BCUT2D eigenvalue weighted by atomic mass is 10.2. The van der Waals surface area contributed by atoms with Gasteiger partial charge in [-0.3, -0.25) is 9.59 Å². The standard InChI is InChI=1S/C17H14N4O3/c18-9-12(17(24)21-14-5-7-15(22)8-6-14)10-20-13-3-1-11(2-4-13)16(19)23/h1-8,10,20,22H,(H2,19,23)(H,21,24)/b12-10-. The van der Waals surface area contributed by atoms with Gasteiger partial charge in [-0.15, -0.1) is 0 Å². The summed E-state index contributed by atoms with van der Waals surface area (Å²) in [5.74, 6) is -1.06. The number of phenolic OH excluding ortho intramolecular Hbond substituents is 1. The van der Waals surface area contributed by atoms with Gasteiger partial charge in [0.05, 0.1) is 0 Å². The molecule has 24 heavy (non-hydrogen) atoms. The number of anilines is 2. The number of hydrogen-bond acceptors (Lipinski definition) is 5. The molecule has 0 fully saturated rings. The van der Waals surface area contributed by atoms with Crippen molar-refractivity contribution in [3.63, 3.8) is 0 Å². The fraction of sp³-hybridized carbons (Fsp3) is 0. The van der Waals surface area contributed by atoms with E-state index in [1.807, 2.05) is 0 Å². The maximum atomic E-state index is 12.0. The minimum Gasteiger partial charge on any atom is -0.508 e. The summed E-state index contributed by atoms with van der Waals surface area (Å²) >= 11 is 0. The Labute approximate surface area is 138 Å². The zero-order valence-corrected chi connectivity index (χ0v) is 12.5. The van der Waals surface area contributed by atoms with Gasteiger partial charge in [0.25, 0.3) is 5.91 Å². The Balaban J connectivity index is 2.05. The van der Waals surface area contributed by atoms with Crippen molar-refractivity contribution < 1.29 is 14.7 Å². The van der Waals surface area contributed by atoms with Gasteiger partial charge in [0.1, 0.15) is 17.4 Å². The van der Waals surface area contributed by atoms with Crippen LogP contribution in [-0.4, -0.2) is 16.9 Å². The molecule has 0 aliphatic heterocycles. The zero-order valence-electron chi connectivity index (χ0n) is 12.5. The maximum Gasteiger partial charge on any atom is 0.267 e. The van der Waals surface area contributed by atoms with Crippen molar-refractivity contribution in [1.82, 2.24) is 0 Å².